The molecule has 5 N–H and O–H groups in total. The van der Waals surface area contributed by atoms with Gasteiger partial charge in [-0.2, -0.15) is 0 Å². The number of carbonyl (C=O) groups excluding carboxylic acids is 2. The molecule has 178 valence electrons. The molecule has 2 amide bonds. The van der Waals surface area contributed by atoms with E-state index in [4.69, 9.17) is 16.1 Å². The molecule has 1 aromatic carbocycles. The molecule has 2 aromatic rings. The van der Waals surface area contributed by atoms with Crippen molar-refractivity contribution in [2.24, 2.45) is 0 Å². The van der Waals surface area contributed by atoms with Gasteiger partial charge in [-0.1, -0.05) is 16.8 Å². The van der Waals surface area contributed by atoms with Crippen molar-refractivity contribution >= 4 is 40.5 Å². The zero-order valence-electron chi connectivity index (χ0n) is 17.3. The smallest absolute Gasteiger partial charge is 0.328 e. The number of amides is 2. The topological polar surface area (TPSA) is 190 Å². The molecule has 4 atom stereocenters. The minimum Gasteiger partial charge on any atom is -0.504 e. The molecule has 0 saturated carbocycles. The summed E-state index contributed by atoms with van der Waals surface area (Å²) in [5, 5.41) is 34.6. The maximum absolute atomic E-state index is 12.4. The number of aliphatic carboxylic acids is 1. The number of hydrogen-bond acceptors (Lipinski definition) is 8. The third-order valence-electron chi connectivity index (χ3n) is 5.46. The largest absolute Gasteiger partial charge is 0.504 e. The molecule has 1 aromatic heterocycles. The number of benzene rings is 1. The number of likely N-dealkylation sites (tertiary alicyclic amines) is 1. The Kier molecular flexibility index (Phi) is 6.68. The highest BCUT2D eigenvalue weighted by molar-refractivity contribution is 7.80. The van der Waals surface area contributed by atoms with Gasteiger partial charge in [-0.15, -0.1) is 0 Å². The lowest BCUT2D eigenvalue weighted by Crippen LogP contribution is -2.65. The lowest BCUT2D eigenvalue weighted by atomic mass is 9.89. The third kappa shape index (κ3) is 4.26. The van der Waals surface area contributed by atoms with Gasteiger partial charge in [0.1, 0.15) is 10.4 Å². The normalized spacial score (nSPS) is 19.3. The Labute approximate surface area is 194 Å². The molecule has 33 heavy (non-hydrogen) atoms. The van der Waals surface area contributed by atoms with E-state index in [0.717, 1.165) is 11.0 Å². The number of halogens is 1. The van der Waals surface area contributed by atoms with Crippen molar-refractivity contribution < 1.29 is 43.0 Å². The number of hydrogen-bond donors (Lipinski definition) is 5. The van der Waals surface area contributed by atoms with E-state index in [0.29, 0.717) is 0 Å². The molecular weight excluding hydrogens is 482 g/mol. The van der Waals surface area contributed by atoms with Gasteiger partial charge in [0, 0.05) is 18.5 Å². The number of nitrogens with zero attached hydrogens (tertiary/aromatic N) is 2. The minimum absolute atomic E-state index is 0.0151. The van der Waals surface area contributed by atoms with Crippen LogP contribution in [0.3, 0.4) is 0 Å². The fourth-order valence-electron chi connectivity index (χ4n) is 3.56. The first-order chi connectivity index (χ1) is 15.4. The van der Waals surface area contributed by atoms with Crippen molar-refractivity contribution in [2.75, 3.05) is 0 Å². The van der Waals surface area contributed by atoms with Crippen LogP contribution in [0.5, 0.6) is 11.5 Å². The molecule has 3 rings (SSSR count). The standard InChI is InChI=1S/C19H20ClN3O9S/c1-8-5-13(25)23(8)16(18(28)29)19(2,33(30)31)12-6-9(32-22-12)7-21-17(27)10-3-4-11(24)15(26)14(10)20/h3-4,6,8,16,24,26H,5,7H2,1-2H3,(H,21,27)(H,28,29)(H,30,31)/t8-,16+,19+/m1/s1. The molecule has 0 spiro atoms. The first kappa shape index (κ1) is 24.5. The summed E-state index contributed by atoms with van der Waals surface area (Å²) in [7, 11) is 0. The number of carboxylic acid groups (broad SMARTS) is 1. The predicted molar refractivity (Wildman–Crippen MR) is 113 cm³/mol. The number of phenolic OH excluding ortho intramolecular Hbond substituents is 2. The fourth-order valence-corrected chi connectivity index (χ4v) is 4.48. The SMILES string of the molecule is C[C@@H]1CC(=O)N1[C@@H](C(=O)O)[C@](C)(c1cc(CNC(=O)c2ccc(O)c(O)c2Cl)on1)S(=O)O. The van der Waals surface area contributed by atoms with E-state index >= 15 is 0 Å². The molecule has 14 heteroatoms. The summed E-state index contributed by atoms with van der Waals surface area (Å²) in [6.07, 6.45) is 0.114. The molecule has 0 radical (unpaired) electrons. The number of nitrogens with one attached hydrogen (secondary N) is 1. The molecule has 0 bridgehead atoms. The molecule has 1 aliphatic heterocycles. The van der Waals surface area contributed by atoms with Crippen LogP contribution in [0.25, 0.3) is 0 Å². The van der Waals surface area contributed by atoms with Gasteiger partial charge in [0.15, 0.2) is 34.4 Å². The molecule has 2 heterocycles. The van der Waals surface area contributed by atoms with E-state index in [2.05, 4.69) is 10.5 Å². The van der Waals surface area contributed by atoms with Gasteiger partial charge in [-0.25, -0.2) is 9.00 Å². The fraction of sp³-hybridized carbons (Fsp3) is 0.368. The second kappa shape index (κ2) is 9.00. The Morgan fingerprint density at radius 3 is 2.64 bits per heavy atom. The van der Waals surface area contributed by atoms with Gasteiger partial charge >= 0.3 is 5.97 Å². The van der Waals surface area contributed by atoms with E-state index in [9.17, 15) is 38.5 Å². The second-order valence-corrected chi connectivity index (χ2v) is 9.33. The highest BCUT2D eigenvalue weighted by atomic mass is 35.5. The summed E-state index contributed by atoms with van der Waals surface area (Å²) in [5.74, 6) is -3.85. The Morgan fingerprint density at radius 2 is 2.09 bits per heavy atom. The van der Waals surface area contributed by atoms with Crippen LogP contribution in [0.4, 0.5) is 0 Å². The number of phenols is 2. The molecule has 0 aliphatic carbocycles. The molecule has 1 fully saturated rings. The zero-order chi connectivity index (χ0) is 24.7. The van der Waals surface area contributed by atoms with Crippen LogP contribution in [0.2, 0.25) is 5.02 Å². The lowest BCUT2D eigenvalue weighted by molar-refractivity contribution is -0.163. The van der Waals surface area contributed by atoms with Gasteiger partial charge in [0.25, 0.3) is 5.91 Å². The Hall–Kier alpha value is -3.16. The molecular formula is C19H20ClN3O9S. The van der Waals surface area contributed by atoms with E-state index < -0.39 is 57.2 Å². The van der Waals surface area contributed by atoms with Crippen molar-refractivity contribution in [3.63, 3.8) is 0 Å². The number of rotatable bonds is 8. The quantitative estimate of drug-likeness (QED) is 0.199. The van der Waals surface area contributed by atoms with Crippen LogP contribution in [-0.4, -0.2) is 64.0 Å². The van der Waals surface area contributed by atoms with E-state index in [1.807, 2.05) is 0 Å². The summed E-state index contributed by atoms with van der Waals surface area (Å²) < 4.78 is 25.4. The highest BCUT2D eigenvalue weighted by Crippen LogP contribution is 2.38. The first-order valence-corrected chi connectivity index (χ1v) is 11.0. The summed E-state index contributed by atoms with van der Waals surface area (Å²) in [5.41, 5.74) is -0.337. The zero-order valence-corrected chi connectivity index (χ0v) is 18.9. The predicted octanol–water partition coefficient (Wildman–Crippen LogP) is 1.18. The molecule has 1 saturated heterocycles. The maximum Gasteiger partial charge on any atom is 0.328 e. The summed E-state index contributed by atoms with van der Waals surface area (Å²) >= 11 is 3.08. The Balaban J connectivity index is 1.84. The van der Waals surface area contributed by atoms with Crippen LogP contribution in [-0.2, 0) is 32.0 Å². The van der Waals surface area contributed by atoms with Crippen LogP contribution in [0.1, 0.15) is 42.1 Å². The Bertz CT molecular complexity index is 1150. The number of aromatic nitrogens is 1. The van der Waals surface area contributed by atoms with Crippen LogP contribution >= 0.6 is 11.6 Å². The number of carbonyl (C=O) groups is 3. The van der Waals surface area contributed by atoms with Gasteiger partial charge in [-0.3, -0.25) is 9.59 Å². The monoisotopic (exact) mass is 501 g/mol. The Morgan fingerprint density at radius 1 is 1.42 bits per heavy atom. The number of aromatic hydroxyl groups is 2. The average molecular weight is 502 g/mol. The van der Waals surface area contributed by atoms with Gasteiger partial charge in [0.2, 0.25) is 5.91 Å². The van der Waals surface area contributed by atoms with Crippen molar-refractivity contribution in [3.8, 4) is 11.5 Å². The maximum atomic E-state index is 12.4. The highest BCUT2D eigenvalue weighted by Gasteiger charge is 2.56. The first-order valence-electron chi connectivity index (χ1n) is 9.49. The summed E-state index contributed by atoms with van der Waals surface area (Å²) in [6, 6.07) is 1.33. The average Bonchev–Trinajstić information content (AvgIpc) is 3.23. The van der Waals surface area contributed by atoms with E-state index in [1.165, 1.54) is 19.1 Å². The third-order valence-corrected chi connectivity index (χ3v) is 7.00. The van der Waals surface area contributed by atoms with E-state index in [-0.39, 0.29) is 35.0 Å². The summed E-state index contributed by atoms with van der Waals surface area (Å²) in [4.78, 5) is 37.4. The van der Waals surface area contributed by atoms with Crippen LogP contribution in [0.15, 0.2) is 22.7 Å². The van der Waals surface area contributed by atoms with Crippen LogP contribution in [0, 0.1) is 0 Å². The van der Waals surface area contributed by atoms with Crippen molar-refractivity contribution in [2.45, 2.75) is 43.6 Å². The van der Waals surface area contributed by atoms with Gasteiger partial charge < -0.3 is 34.6 Å². The van der Waals surface area contributed by atoms with Crippen LogP contribution < -0.4 is 5.32 Å². The second-order valence-electron chi connectivity index (χ2n) is 7.61. The van der Waals surface area contributed by atoms with Crippen molar-refractivity contribution in [1.29, 1.82) is 0 Å². The molecule has 12 nitrogen and oxygen atoms in total. The van der Waals surface area contributed by atoms with Crippen molar-refractivity contribution in [3.05, 3.63) is 40.2 Å². The summed E-state index contributed by atoms with van der Waals surface area (Å²) in [6.45, 7) is 2.53. The van der Waals surface area contributed by atoms with Crippen molar-refractivity contribution in [1.82, 2.24) is 15.4 Å². The molecule has 1 unspecified atom stereocenters. The van der Waals surface area contributed by atoms with Gasteiger partial charge in [-0.05, 0) is 26.0 Å². The van der Waals surface area contributed by atoms with E-state index in [1.54, 1.807) is 6.92 Å². The number of carboxylic acids is 1. The number of β-lactam (4-membered cyclic amide) rings is 1. The lowest BCUT2D eigenvalue weighted by Gasteiger charge is -2.46. The van der Waals surface area contributed by atoms with Gasteiger partial charge in [0.05, 0.1) is 17.1 Å². The molecule has 1 aliphatic rings. The minimum atomic E-state index is -2.78.